The minimum Gasteiger partial charge on any atom is -0.335 e. The maximum atomic E-state index is 2.68. The van der Waals surface area contributed by atoms with E-state index < -0.39 is 5.41 Å². The van der Waals surface area contributed by atoms with E-state index in [9.17, 15) is 0 Å². The molecule has 0 N–H and O–H groups in total. The highest BCUT2D eigenvalue weighted by molar-refractivity contribution is 6.27. The predicted octanol–water partition coefficient (Wildman–Crippen LogP) is 19.1. The van der Waals surface area contributed by atoms with Crippen molar-refractivity contribution in [3.05, 3.63) is 240 Å². The summed E-state index contributed by atoms with van der Waals surface area (Å²) in [5, 5.41) is 8.02. The first-order valence-corrected chi connectivity index (χ1v) is 27.8. The van der Waals surface area contributed by atoms with Gasteiger partial charge in [0.25, 0.3) is 0 Å². The van der Waals surface area contributed by atoms with Crippen LogP contribution in [-0.4, -0.2) is 11.1 Å². The first kappa shape index (κ1) is 42.4. The molecular formula is C73H58N2. The molecule has 6 aliphatic rings. The Morgan fingerprint density at radius 2 is 0.880 bits per heavy atom. The van der Waals surface area contributed by atoms with Gasteiger partial charge in [-0.05, 0) is 228 Å². The van der Waals surface area contributed by atoms with Crippen LogP contribution >= 0.6 is 0 Å². The quantitative estimate of drug-likeness (QED) is 0.162. The van der Waals surface area contributed by atoms with E-state index in [0.29, 0.717) is 23.7 Å². The molecule has 0 radical (unpaired) electrons. The second-order valence-corrected chi connectivity index (χ2v) is 24.1. The minimum absolute atomic E-state index is 0.0407. The van der Waals surface area contributed by atoms with Gasteiger partial charge in [0.15, 0.2) is 0 Å². The van der Waals surface area contributed by atoms with E-state index in [4.69, 9.17) is 0 Å². The second kappa shape index (κ2) is 14.7. The van der Waals surface area contributed by atoms with E-state index in [1.807, 2.05) is 0 Å². The lowest BCUT2D eigenvalue weighted by Crippen LogP contribution is -2.40. The highest BCUT2D eigenvalue weighted by atomic mass is 15.3. The monoisotopic (exact) mass is 962 g/mol. The average molecular weight is 963 g/mol. The number of hydrogen-bond donors (Lipinski definition) is 0. The van der Waals surface area contributed by atoms with Gasteiger partial charge in [0, 0.05) is 45.7 Å². The average Bonchev–Trinajstić information content (AvgIpc) is 4.32. The lowest BCUT2D eigenvalue weighted by atomic mass is 9.69. The van der Waals surface area contributed by atoms with Crippen LogP contribution in [0.15, 0.2) is 206 Å². The van der Waals surface area contributed by atoms with Crippen molar-refractivity contribution in [2.75, 3.05) is 9.80 Å². The molecule has 0 amide bonds. The van der Waals surface area contributed by atoms with E-state index in [-0.39, 0.29) is 11.1 Å². The number of benzene rings is 11. The zero-order valence-corrected chi connectivity index (χ0v) is 43.2. The fraction of sp³-hybridized carbons (Fsp3) is 0.205. The molecule has 6 atom stereocenters. The summed E-state index contributed by atoms with van der Waals surface area (Å²) in [5.74, 6) is 2.14. The van der Waals surface area contributed by atoms with Crippen LogP contribution in [0.25, 0.3) is 76.8 Å². The Kier molecular flexibility index (Phi) is 8.30. The molecule has 2 heterocycles. The number of hydrogen-bond acceptors (Lipinski definition) is 2. The fourth-order valence-electron chi connectivity index (χ4n) is 17.5. The summed E-state index contributed by atoms with van der Waals surface area (Å²) in [4.78, 5) is 5.37. The van der Waals surface area contributed by atoms with Crippen LogP contribution in [-0.2, 0) is 5.41 Å². The highest BCUT2D eigenvalue weighted by Crippen LogP contribution is 2.67. The predicted molar refractivity (Wildman–Crippen MR) is 314 cm³/mol. The van der Waals surface area contributed by atoms with Gasteiger partial charge < -0.3 is 9.80 Å². The SMILES string of the molecule is CC1CCC2(C)C1c1cc(-c3ccc4c(c3)C3(c5cc(-c6ccc7c(c6)C6C(C)CCC6(C)N7c6ccccc6)ccc5-4)c4ccccc4-c4c3cc3ccc5cccc6ccc4c3c56)ccc1N2c1ccccc1. The number of anilines is 4. The number of para-hydroxylation sites is 2. The van der Waals surface area contributed by atoms with E-state index in [0.717, 1.165) is 0 Å². The minimum atomic E-state index is -0.550. The molecule has 2 aliphatic heterocycles. The molecule has 2 fully saturated rings. The van der Waals surface area contributed by atoms with Crippen LogP contribution in [0.5, 0.6) is 0 Å². The Bertz CT molecular complexity index is 4060. The summed E-state index contributed by atoms with van der Waals surface area (Å²) < 4.78 is 0. The Labute approximate surface area is 440 Å². The lowest BCUT2D eigenvalue weighted by molar-refractivity contribution is 0.414. The molecule has 2 heteroatoms. The van der Waals surface area contributed by atoms with Crippen molar-refractivity contribution in [1.82, 2.24) is 0 Å². The molecule has 11 aromatic carbocycles. The Balaban J connectivity index is 0.899. The second-order valence-electron chi connectivity index (χ2n) is 24.1. The fourth-order valence-corrected chi connectivity index (χ4v) is 17.5. The molecule has 2 saturated carbocycles. The summed E-state index contributed by atoms with van der Waals surface area (Å²) in [5.41, 5.74) is 24.0. The van der Waals surface area contributed by atoms with E-state index in [1.54, 1.807) is 0 Å². The third-order valence-electron chi connectivity index (χ3n) is 20.4. The summed E-state index contributed by atoms with van der Waals surface area (Å²) >= 11 is 0. The van der Waals surface area contributed by atoms with Gasteiger partial charge >= 0.3 is 0 Å². The van der Waals surface area contributed by atoms with Crippen molar-refractivity contribution >= 4 is 55.1 Å². The summed E-state index contributed by atoms with van der Waals surface area (Å²) in [6, 6.07) is 80.6. The molecule has 11 aromatic rings. The van der Waals surface area contributed by atoms with Gasteiger partial charge in [-0.3, -0.25) is 0 Å². The maximum absolute atomic E-state index is 2.68. The lowest BCUT2D eigenvalue weighted by Gasteiger charge is -2.38. The molecule has 360 valence electrons. The van der Waals surface area contributed by atoms with Crippen molar-refractivity contribution < 1.29 is 0 Å². The van der Waals surface area contributed by atoms with Crippen LogP contribution in [0.3, 0.4) is 0 Å². The van der Waals surface area contributed by atoms with Gasteiger partial charge in [0.2, 0.25) is 0 Å². The van der Waals surface area contributed by atoms with Gasteiger partial charge in [-0.1, -0.05) is 153 Å². The molecular weight excluding hydrogens is 905 g/mol. The van der Waals surface area contributed by atoms with Gasteiger partial charge in [-0.15, -0.1) is 0 Å². The molecule has 1 spiro atoms. The Hall–Kier alpha value is -7.94. The number of nitrogens with zero attached hydrogens (tertiary/aromatic N) is 2. The van der Waals surface area contributed by atoms with E-state index >= 15 is 0 Å². The summed E-state index contributed by atoms with van der Waals surface area (Å²) in [6.45, 7) is 10.0. The van der Waals surface area contributed by atoms with Crippen LogP contribution in [0.2, 0.25) is 0 Å². The molecule has 2 nitrogen and oxygen atoms in total. The largest absolute Gasteiger partial charge is 0.335 e. The molecule has 6 unspecified atom stereocenters. The van der Waals surface area contributed by atoms with Crippen molar-refractivity contribution in [2.45, 2.75) is 81.7 Å². The van der Waals surface area contributed by atoms with Crippen LogP contribution in [0, 0.1) is 11.8 Å². The molecule has 17 rings (SSSR count). The summed E-state index contributed by atoms with van der Waals surface area (Å²) in [6.07, 6.45) is 4.87. The smallest absolute Gasteiger partial charge is 0.0726 e. The highest BCUT2D eigenvalue weighted by Gasteiger charge is 2.57. The normalized spacial score (nSPS) is 25.2. The zero-order chi connectivity index (χ0) is 49.7. The molecule has 75 heavy (non-hydrogen) atoms. The van der Waals surface area contributed by atoms with Crippen LogP contribution in [0.4, 0.5) is 22.7 Å². The van der Waals surface area contributed by atoms with Crippen molar-refractivity contribution in [2.24, 2.45) is 11.8 Å². The third-order valence-corrected chi connectivity index (χ3v) is 20.4. The van der Waals surface area contributed by atoms with Crippen molar-refractivity contribution in [3.8, 4) is 44.5 Å². The topological polar surface area (TPSA) is 6.48 Å². The molecule has 0 aromatic heterocycles. The van der Waals surface area contributed by atoms with Gasteiger partial charge in [-0.25, -0.2) is 0 Å². The molecule has 4 aliphatic carbocycles. The van der Waals surface area contributed by atoms with Gasteiger partial charge in [0.1, 0.15) is 0 Å². The zero-order valence-electron chi connectivity index (χ0n) is 43.2. The molecule has 0 bridgehead atoms. The first-order valence-electron chi connectivity index (χ1n) is 27.8. The Morgan fingerprint density at radius 3 is 1.45 bits per heavy atom. The molecule has 0 saturated heterocycles. The van der Waals surface area contributed by atoms with E-state index in [1.165, 1.54) is 159 Å². The maximum Gasteiger partial charge on any atom is 0.0726 e. The van der Waals surface area contributed by atoms with E-state index in [2.05, 4.69) is 244 Å². The third kappa shape index (κ3) is 5.26. The van der Waals surface area contributed by atoms with Crippen molar-refractivity contribution in [3.63, 3.8) is 0 Å². The van der Waals surface area contributed by atoms with Gasteiger partial charge in [0.05, 0.1) is 5.41 Å². The standard InChI is InChI=1S/C73H58N2/c1-43-34-36-71(3)69(43)58-38-47(27-32-64(58)74(71)52-16-7-5-8-17-52)49-25-29-54-55-30-26-50(48-28-33-65-59(39-48)70-44(2)35-37-72(70,4)75(65)53-18-9-6-10-19-53)41-62(55)73(61(54)40-49)60-21-12-11-20-56(60)68-57-31-24-46-15-13-14-45-22-23-51(42-63(68)73)67(57)66(45)46/h5-33,38-44,69-70H,34-37H2,1-4H3. The number of fused-ring (bicyclic) bond motifs is 17. The van der Waals surface area contributed by atoms with Gasteiger partial charge in [-0.2, -0.15) is 0 Å². The van der Waals surface area contributed by atoms with Crippen LogP contribution in [0.1, 0.15) is 98.6 Å². The van der Waals surface area contributed by atoms with Crippen LogP contribution < -0.4 is 9.80 Å². The Morgan fingerprint density at radius 1 is 0.387 bits per heavy atom. The first-order chi connectivity index (χ1) is 36.7. The number of rotatable bonds is 4. The van der Waals surface area contributed by atoms with Crippen molar-refractivity contribution in [1.29, 1.82) is 0 Å². The summed E-state index contributed by atoms with van der Waals surface area (Å²) in [7, 11) is 0.